The number of amides is 7. The molecule has 0 bridgehead atoms. The van der Waals surface area contributed by atoms with Gasteiger partial charge in [0.15, 0.2) is 0 Å². The van der Waals surface area contributed by atoms with Crippen molar-refractivity contribution in [1.29, 1.82) is 0 Å². The van der Waals surface area contributed by atoms with E-state index in [-0.39, 0.29) is 195 Å². The van der Waals surface area contributed by atoms with Gasteiger partial charge in [0.05, 0.1) is 214 Å². The van der Waals surface area contributed by atoms with Crippen LogP contribution in [0.3, 0.4) is 0 Å². The van der Waals surface area contributed by atoms with Crippen molar-refractivity contribution in [3.05, 3.63) is 147 Å². The number of benzene rings is 3. The number of fused-ring (bicyclic) bond motifs is 3. The zero-order valence-electron chi connectivity index (χ0n) is 75.8. The quantitative estimate of drug-likeness (QED) is 0.00514. The largest absolute Gasteiger partial charge is 0.495 e. The van der Waals surface area contributed by atoms with Gasteiger partial charge in [0.2, 0.25) is 28.3 Å². The maximum absolute atomic E-state index is 13.3. The topological polar surface area (TPSA) is 598 Å². The number of halogens is 8. The smallest absolute Gasteiger partial charge is 0.330 e. The fourth-order valence-electron chi connectivity index (χ4n) is 13.4. The van der Waals surface area contributed by atoms with Crippen LogP contribution in [-0.4, -0.2) is 307 Å². The van der Waals surface area contributed by atoms with E-state index in [1.165, 1.54) is 78.1 Å². The number of rotatable bonds is 20. The van der Waals surface area contributed by atoms with Crippen molar-refractivity contribution in [1.82, 2.24) is 35.2 Å². The molecule has 16 rings (SSSR count). The van der Waals surface area contributed by atoms with E-state index in [2.05, 4.69) is 83.8 Å². The first-order valence-corrected chi connectivity index (χ1v) is 45.9. The molecule has 56 heteroatoms. The number of anilines is 8. The minimum absolute atomic E-state index is 0. The molecule has 3 aromatic carbocycles. The lowest BCUT2D eigenvalue weighted by Crippen LogP contribution is -2.47. The van der Waals surface area contributed by atoms with Crippen molar-refractivity contribution >= 4 is 179 Å². The summed E-state index contributed by atoms with van der Waals surface area (Å²) in [5.41, 5.74) is 36.0. The number of aliphatic hydroxyl groups is 2. The number of methoxy groups -OCH3 is 6. The van der Waals surface area contributed by atoms with Crippen LogP contribution in [0.4, 0.5) is 60.8 Å². The number of allylic oxidation sites excluding steroid dienone is 1. The molecular formula is C86H124Cl8N24O23S. The van der Waals surface area contributed by atoms with Crippen molar-refractivity contribution < 1.29 is 108 Å². The van der Waals surface area contributed by atoms with Gasteiger partial charge in [0.1, 0.15) is 100 Å². The number of nitrogens with two attached hydrogens (primary N) is 3. The second-order valence-corrected chi connectivity index (χ2v) is 34.8. The molecule has 10 aliphatic heterocycles. The fraction of sp³-hybridized carbons (Fsp3) is 0.523. The number of nitrogens with one attached hydrogen (secondary N) is 3. The van der Waals surface area contributed by atoms with E-state index in [9.17, 15) is 32.4 Å². The molecule has 12 unspecified atom stereocenters. The number of azide groups is 2. The van der Waals surface area contributed by atoms with Gasteiger partial charge in [-0.25, -0.2) is 29.3 Å². The predicted octanol–water partition coefficient (Wildman–Crippen LogP) is 12.9. The van der Waals surface area contributed by atoms with Gasteiger partial charge in [-0.15, -0.1) is 0 Å². The molecule has 13 heterocycles. The van der Waals surface area contributed by atoms with Crippen molar-refractivity contribution in [2.24, 2.45) is 33.3 Å². The van der Waals surface area contributed by atoms with Crippen LogP contribution < -0.4 is 91.0 Å². The van der Waals surface area contributed by atoms with Crippen LogP contribution in [0.15, 0.2) is 84.5 Å². The molecule has 3 aromatic heterocycles. The van der Waals surface area contributed by atoms with E-state index >= 15 is 0 Å². The first kappa shape index (κ1) is 126. The summed E-state index contributed by atoms with van der Waals surface area (Å²) in [6.07, 6.45) is 10.6. The van der Waals surface area contributed by atoms with Crippen molar-refractivity contribution in [3.63, 3.8) is 0 Å². The molecule has 10 aliphatic rings. The standard InChI is InChI=1S/C22H24Cl2N6O5.C19H22Cl2N6O4.C15H13Cl3N4O3.C6H12O4S.C4H6N6O.C4H10N2O.C4H8O3.C4H6O.C3H3ClO.5CH4/c1-5-16(31)26-12-9-35-10-13(12)27-21-25-7-11-8-30(22(32)29(2)20(11)28-21)19-17(23)14(33-3)6-15(34-4)18(19)24;1-26-17-9(5-23-18(25-17)24-11-8-31-7-10(11)22)6-27(19(26)28)16-14(20)12(29-2)4-13(30-3)15(16)21;1-21-13-7(5-19-14(18)20-13)6-22(15(21)23)12-10(16)8(24-2)4-9(25-3)11(12)17;1-5-3-9-4-6(5)10-11(2,7)8;5-9-7-3-1-11-2-4(3)8-10-6;2*5-3-1-7-2-4(3)6;1-2-4-5-3-1;1-2-3(4)5;;;;;/h5-7,12-13H,1,8-10H2,2-4H3,(H,26,31)(H,25,27,28);4-5,10-11H,6-8,22H2,1-3H3,(H,23,24,25);4-5H,6H2,1-3H3;5-6H,3-4H2,1-2H3;3-4H,1-2H2;3-4H,1-2,5-6H2;3-6H,1-2H2;1-2H,3-4H2;2H,1H2;5*1H4. The van der Waals surface area contributed by atoms with Crippen LogP contribution in [0, 0.1) is 5.92 Å². The molecular weight excluding hydrogens is 2050 g/mol. The Labute approximate surface area is 864 Å². The SMILES string of the molecule is C.C.C.C.C.C1=CCOC1.C=CC(=O)Cl.C=CC(=O)NC1COCC1Nc1ncc2c(n1)N(C)C(=O)N(c1c(Cl)c(OC)cc(OC)c1Cl)C2.CC1COCC1OS(C)(=O)=O.COc1cc(OC)c(Cl)c(N2Cc3cnc(Cl)nc3N(C)C2=O)c1Cl.COc1cc(OC)c(Cl)c(N2Cc3cnc(NC4COCC4N)nc3N(C)C2=O)c1Cl.NC1COCC1N.OC1COCC1O.[N-]=[N+]=NC1COCC1N=[N+]=[N-]. The molecule has 0 saturated carbocycles. The van der Waals surface area contributed by atoms with Crippen LogP contribution in [0.25, 0.3) is 20.9 Å². The first-order valence-electron chi connectivity index (χ1n) is 41.0. The molecule has 142 heavy (non-hydrogen) atoms. The minimum Gasteiger partial charge on any atom is -0.495 e. The highest BCUT2D eigenvalue weighted by atomic mass is 35.5. The molecule has 0 radical (unpaired) electrons. The molecule has 788 valence electrons. The van der Waals surface area contributed by atoms with E-state index in [0.717, 1.165) is 25.5 Å². The van der Waals surface area contributed by atoms with Gasteiger partial charge in [0, 0.05) is 102 Å². The second-order valence-electron chi connectivity index (χ2n) is 30.2. The van der Waals surface area contributed by atoms with Crippen LogP contribution in [0.2, 0.25) is 35.4 Å². The first-order chi connectivity index (χ1) is 65.3. The molecule has 7 amide bonds. The third-order valence-corrected chi connectivity index (χ3v) is 23.9. The number of ether oxygens (including phenoxy) is 13. The average molecular weight is 2180 g/mol. The number of hydrogen-bond acceptors (Lipinski definition) is 36. The summed E-state index contributed by atoms with van der Waals surface area (Å²) >= 11 is 49.4. The molecule has 6 saturated heterocycles. The second kappa shape index (κ2) is 60.6. The van der Waals surface area contributed by atoms with E-state index in [4.69, 9.17) is 192 Å². The summed E-state index contributed by atoms with van der Waals surface area (Å²) < 4.78 is 93.1. The van der Waals surface area contributed by atoms with Crippen molar-refractivity contribution in [2.45, 2.75) is 130 Å². The average Bonchev–Trinajstić information content (AvgIpc) is 1.35. The number of aliphatic hydroxyl groups excluding tert-OH is 2. The lowest BCUT2D eigenvalue weighted by atomic mass is 10.1. The Kier molecular flexibility index (Phi) is 53.7. The van der Waals surface area contributed by atoms with Crippen molar-refractivity contribution in [2.75, 3.05) is 203 Å². The lowest BCUT2D eigenvalue weighted by molar-refractivity contribution is -0.117. The lowest BCUT2D eigenvalue weighted by Gasteiger charge is -2.35. The summed E-state index contributed by atoms with van der Waals surface area (Å²) in [6, 6.07) is 2.23. The predicted molar refractivity (Wildman–Crippen MR) is 547 cm³/mol. The number of carbonyl (C=O) groups is 5. The number of hydrogen-bond donors (Lipinski definition) is 8. The minimum atomic E-state index is -3.32. The van der Waals surface area contributed by atoms with Crippen LogP contribution >= 0.6 is 92.8 Å². The van der Waals surface area contributed by atoms with Crippen LogP contribution in [-0.2, 0) is 76.7 Å². The highest BCUT2D eigenvalue weighted by Crippen LogP contribution is 2.51. The monoisotopic (exact) mass is 2170 g/mol. The van der Waals surface area contributed by atoms with Gasteiger partial charge in [-0.3, -0.25) is 43.2 Å². The van der Waals surface area contributed by atoms with E-state index < -0.39 is 33.6 Å². The van der Waals surface area contributed by atoms with Gasteiger partial charge in [0.25, 0.3) is 10.1 Å². The third kappa shape index (κ3) is 33.7. The maximum Gasteiger partial charge on any atom is 0.330 e. The molecule has 12 atom stereocenters. The Morgan fingerprint density at radius 3 is 1.11 bits per heavy atom. The Balaban J connectivity index is 0.000000443. The molecule has 6 fully saturated rings. The maximum atomic E-state index is 13.3. The van der Waals surface area contributed by atoms with Gasteiger partial charge in [-0.2, -0.15) is 23.4 Å². The van der Waals surface area contributed by atoms with Crippen LogP contribution in [0.5, 0.6) is 34.5 Å². The van der Waals surface area contributed by atoms with E-state index in [0.29, 0.717) is 152 Å². The Bertz CT molecular complexity index is 5340. The fourth-order valence-corrected chi connectivity index (χ4v) is 16.3. The van der Waals surface area contributed by atoms with E-state index in [1.807, 2.05) is 19.1 Å². The highest BCUT2D eigenvalue weighted by molar-refractivity contribution is 7.86. The third-order valence-electron chi connectivity index (χ3n) is 20.8. The molecule has 0 aliphatic carbocycles. The van der Waals surface area contributed by atoms with Crippen molar-refractivity contribution in [3.8, 4) is 34.5 Å². The number of nitrogens with zero attached hydrogens (tertiary/aromatic N) is 18. The number of aromatic nitrogens is 6. The normalized spacial score (nSPS) is 21.5. The van der Waals surface area contributed by atoms with Gasteiger partial charge in [-0.1, -0.05) is 149 Å². The summed E-state index contributed by atoms with van der Waals surface area (Å²) in [4.78, 5) is 100. The Hall–Kier alpha value is -10.2. The van der Waals surface area contributed by atoms with E-state index in [1.54, 1.807) is 57.9 Å². The number of carbonyl (C=O) groups excluding carboxylic acids is 5. The van der Waals surface area contributed by atoms with Gasteiger partial charge >= 0.3 is 18.1 Å². The van der Waals surface area contributed by atoms with Crippen LogP contribution in [0.1, 0.15) is 60.7 Å². The molecule has 0 spiro atoms. The Morgan fingerprint density at radius 2 is 0.817 bits per heavy atom. The zero-order chi connectivity index (χ0) is 101. The van der Waals surface area contributed by atoms with Gasteiger partial charge < -0.3 is 105 Å². The zero-order valence-corrected chi connectivity index (χ0v) is 82.7. The summed E-state index contributed by atoms with van der Waals surface area (Å²) in [5, 5.41) is 33.9. The molecule has 6 aromatic rings. The Morgan fingerprint density at radius 1 is 0.493 bits per heavy atom. The summed E-state index contributed by atoms with van der Waals surface area (Å²) in [5.74, 6) is 3.87. The molecule has 11 N–H and O–H groups in total. The summed E-state index contributed by atoms with van der Waals surface area (Å²) in [7, 11) is 10.3. The van der Waals surface area contributed by atoms with Gasteiger partial charge in [-0.05, 0) is 46.4 Å². The molecule has 47 nitrogen and oxygen atoms in total. The number of urea groups is 3. The highest BCUT2D eigenvalue weighted by Gasteiger charge is 2.41. The summed E-state index contributed by atoms with van der Waals surface area (Å²) in [6.45, 7) is 15.7.